The van der Waals surface area contributed by atoms with Gasteiger partial charge in [-0.3, -0.25) is 0 Å². The first-order valence-corrected chi connectivity index (χ1v) is 21.7. The molecular formula is C52H55NS. The van der Waals surface area contributed by atoms with Gasteiger partial charge in [0.2, 0.25) is 0 Å². The van der Waals surface area contributed by atoms with Crippen LogP contribution in [0.2, 0.25) is 0 Å². The molecule has 0 radical (unpaired) electrons. The lowest BCUT2D eigenvalue weighted by molar-refractivity contribution is -0.235. The van der Waals surface area contributed by atoms with Crippen molar-refractivity contribution in [2.24, 2.45) is 29.1 Å². The first-order chi connectivity index (χ1) is 25.8. The van der Waals surface area contributed by atoms with E-state index < -0.39 is 0 Å². The smallest absolute Gasteiger partial charge is 0.0465 e. The van der Waals surface area contributed by atoms with Gasteiger partial charge in [0.15, 0.2) is 0 Å². The van der Waals surface area contributed by atoms with E-state index in [1.165, 1.54) is 93.2 Å². The summed E-state index contributed by atoms with van der Waals surface area (Å²) in [5, 5.41) is 0. The second-order valence-electron chi connectivity index (χ2n) is 20.5. The SMILES string of the molecule is CC(C)(C)c1ccc(N(c2ccc(-c3ccc4c(c3)C(C)(C)CCC4(C)C)cc2)c2ccc3c(c2)C2(c4ccccc4S3)C3CC4CC5CC2C53C4)cc1. The summed E-state index contributed by atoms with van der Waals surface area (Å²) in [6.45, 7) is 16.6. The highest BCUT2D eigenvalue weighted by Crippen LogP contribution is 2.89. The summed E-state index contributed by atoms with van der Waals surface area (Å²) in [7, 11) is 0. The van der Waals surface area contributed by atoms with Crippen LogP contribution in [0.5, 0.6) is 0 Å². The van der Waals surface area contributed by atoms with E-state index in [4.69, 9.17) is 0 Å². The maximum Gasteiger partial charge on any atom is 0.0465 e. The van der Waals surface area contributed by atoms with Crippen molar-refractivity contribution in [1.29, 1.82) is 0 Å². The largest absolute Gasteiger partial charge is 0.310 e. The molecule has 6 atom stereocenters. The zero-order valence-electron chi connectivity index (χ0n) is 33.3. The van der Waals surface area contributed by atoms with E-state index in [0.29, 0.717) is 5.41 Å². The summed E-state index contributed by atoms with van der Waals surface area (Å²) in [4.78, 5) is 5.51. The number of fused-ring (bicyclic) bond motifs is 8. The Balaban J connectivity index is 1.03. The van der Waals surface area contributed by atoms with Crippen LogP contribution in [0.15, 0.2) is 119 Å². The van der Waals surface area contributed by atoms with Crippen molar-refractivity contribution in [3.8, 4) is 11.1 Å². The maximum absolute atomic E-state index is 2.64. The van der Waals surface area contributed by atoms with Crippen molar-refractivity contribution < 1.29 is 0 Å². The van der Waals surface area contributed by atoms with Crippen LogP contribution in [0.1, 0.15) is 115 Å². The second-order valence-corrected chi connectivity index (χ2v) is 21.6. The Morgan fingerprint density at radius 3 is 1.93 bits per heavy atom. The van der Waals surface area contributed by atoms with Gasteiger partial charge in [-0.1, -0.05) is 121 Å². The third-order valence-corrected chi connectivity index (χ3v) is 17.2. The van der Waals surface area contributed by atoms with Crippen molar-refractivity contribution in [3.05, 3.63) is 137 Å². The molecule has 2 heteroatoms. The molecule has 0 N–H and O–H groups in total. The summed E-state index contributed by atoms with van der Waals surface area (Å²) < 4.78 is 0. The van der Waals surface area contributed by atoms with Gasteiger partial charge in [0, 0.05) is 32.3 Å². The number of hydrogen-bond donors (Lipinski definition) is 0. The molecule has 5 aromatic rings. The molecule has 2 spiro atoms. The average molecular weight is 726 g/mol. The Morgan fingerprint density at radius 2 is 1.20 bits per heavy atom. The van der Waals surface area contributed by atoms with E-state index in [0.717, 1.165) is 23.7 Å². The van der Waals surface area contributed by atoms with E-state index in [1.807, 2.05) is 11.8 Å². The predicted octanol–water partition coefficient (Wildman–Crippen LogP) is 14.3. The van der Waals surface area contributed by atoms with Gasteiger partial charge in [-0.2, -0.15) is 0 Å². The monoisotopic (exact) mass is 725 g/mol. The second kappa shape index (κ2) is 11.0. The maximum atomic E-state index is 2.64. The van der Waals surface area contributed by atoms with Gasteiger partial charge < -0.3 is 4.90 Å². The van der Waals surface area contributed by atoms with Crippen LogP contribution < -0.4 is 4.90 Å². The lowest BCUT2D eigenvalue weighted by Crippen LogP contribution is -2.74. The molecule has 2 bridgehead atoms. The summed E-state index contributed by atoms with van der Waals surface area (Å²) >= 11 is 2.01. The number of anilines is 3. The summed E-state index contributed by atoms with van der Waals surface area (Å²) in [5.41, 5.74) is 15.3. The van der Waals surface area contributed by atoms with Crippen molar-refractivity contribution in [2.75, 3.05) is 4.90 Å². The van der Waals surface area contributed by atoms with Gasteiger partial charge in [-0.25, -0.2) is 0 Å². The van der Waals surface area contributed by atoms with Crippen molar-refractivity contribution in [2.45, 2.75) is 118 Å². The fourth-order valence-corrected chi connectivity index (χ4v) is 14.5. The summed E-state index contributed by atoms with van der Waals surface area (Å²) in [6, 6.07) is 43.2. The third-order valence-electron chi connectivity index (χ3n) is 16.0. The molecule has 1 aliphatic heterocycles. The minimum Gasteiger partial charge on any atom is -0.310 e. The minimum atomic E-state index is 0.105. The van der Waals surface area contributed by atoms with Crippen molar-refractivity contribution >= 4 is 28.8 Å². The normalized spacial score (nSPS) is 30.1. The summed E-state index contributed by atoms with van der Waals surface area (Å²) in [6.07, 6.45) is 8.32. The van der Waals surface area contributed by atoms with Gasteiger partial charge in [-0.05, 0) is 171 Å². The van der Waals surface area contributed by atoms with E-state index in [2.05, 4.69) is 163 Å². The quantitative estimate of drug-likeness (QED) is 0.181. The predicted molar refractivity (Wildman–Crippen MR) is 227 cm³/mol. The molecule has 1 nitrogen and oxygen atoms in total. The molecule has 4 fully saturated rings. The van der Waals surface area contributed by atoms with Gasteiger partial charge in [0.05, 0.1) is 0 Å². The summed E-state index contributed by atoms with van der Waals surface area (Å²) in [5.74, 6) is 3.50. The Hall–Kier alpha value is -3.75. The number of benzene rings is 5. The average Bonchev–Trinajstić information content (AvgIpc) is 3.69. The van der Waals surface area contributed by atoms with Crippen LogP contribution in [0.3, 0.4) is 0 Å². The van der Waals surface area contributed by atoms with Gasteiger partial charge in [-0.15, -0.1) is 0 Å². The minimum absolute atomic E-state index is 0.105. The van der Waals surface area contributed by atoms with Gasteiger partial charge in [0.1, 0.15) is 0 Å². The zero-order chi connectivity index (χ0) is 37.0. The van der Waals surface area contributed by atoms with Gasteiger partial charge >= 0.3 is 0 Å². The fraction of sp³-hybridized carbons (Fsp3) is 0.423. The highest BCUT2D eigenvalue weighted by molar-refractivity contribution is 7.99. The van der Waals surface area contributed by atoms with Crippen LogP contribution in [0.25, 0.3) is 11.1 Å². The van der Waals surface area contributed by atoms with Crippen LogP contribution in [0.4, 0.5) is 17.1 Å². The van der Waals surface area contributed by atoms with E-state index in [9.17, 15) is 0 Å². The van der Waals surface area contributed by atoms with Gasteiger partial charge in [0.25, 0.3) is 0 Å². The molecular weight excluding hydrogens is 671 g/mol. The molecule has 4 saturated carbocycles. The van der Waals surface area contributed by atoms with Crippen LogP contribution in [-0.2, 0) is 21.7 Å². The Kier molecular flexibility index (Phi) is 6.82. The number of nitrogens with zero attached hydrogens (tertiary/aromatic N) is 1. The highest BCUT2D eigenvalue weighted by atomic mass is 32.2. The number of hydrogen-bond acceptors (Lipinski definition) is 2. The zero-order valence-corrected chi connectivity index (χ0v) is 34.1. The molecule has 0 aromatic heterocycles. The molecule has 6 unspecified atom stereocenters. The standard InChI is InChI=1S/C52H55NS/c1-48(2,3)35-15-19-38(20-16-35)53(37-17-12-33(13-18-37)34-14-22-40-42(28-34)50(6,7)25-24-49(40,4)5)39-21-23-45-43(30-39)52(41-10-8-9-11-44(41)54-45)46-27-32-26-36-29-47(52)51(36,46)31-32/h8-23,28,30,32,36,46-47H,24-27,29,31H2,1-7H3. The highest BCUT2D eigenvalue weighted by Gasteiger charge is 2.84. The van der Waals surface area contributed by atoms with E-state index in [1.54, 1.807) is 11.1 Å². The molecule has 6 aliphatic rings. The van der Waals surface area contributed by atoms with Crippen LogP contribution in [0, 0.1) is 29.1 Å². The van der Waals surface area contributed by atoms with Crippen molar-refractivity contribution in [3.63, 3.8) is 0 Å². The molecule has 0 amide bonds. The Morgan fingerprint density at radius 1 is 0.574 bits per heavy atom. The van der Waals surface area contributed by atoms with Crippen LogP contribution >= 0.6 is 11.8 Å². The molecule has 5 aliphatic carbocycles. The lowest BCUT2D eigenvalue weighted by atomic mass is 9.26. The molecule has 11 rings (SSSR count). The molecule has 0 saturated heterocycles. The molecule has 54 heavy (non-hydrogen) atoms. The lowest BCUT2D eigenvalue weighted by Gasteiger charge is -2.78. The fourth-order valence-electron chi connectivity index (χ4n) is 13.3. The topological polar surface area (TPSA) is 3.24 Å². The first-order valence-electron chi connectivity index (χ1n) is 20.9. The Labute approximate surface area is 328 Å². The van der Waals surface area contributed by atoms with E-state index in [-0.39, 0.29) is 21.7 Å². The first kappa shape index (κ1) is 33.6. The van der Waals surface area contributed by atoms with Crippen molar-refractivity contribution in [1.82, 2.24) is 0 Å². The molecule has 5 aromatic carbocycles. The molecule has 1 heterocycles. The van der Waals surface area contributed by atoms with Crippen LogP contribution in [-0.4, -0.2) is 0 Å². The molecule has 274 valence electrons. The third kappa shape index (κ3) is 4.36. The number of rotatable bonds is 4. The Bertz CT molecular complexity index is 2340. The van der Waals surface area contributed by atoms with E-state index >= 15 is 0 Å².